The van der Waals surface area contributed by atoms with Gasteiger partial charge in [-0.1, -0.05) is 115 Å². The number of carbonyl (C=O) groups excluding carboxylic acids is 2. The lowest BCUT2D eigenvalue weighted by Gasteiger charge is -2.51. The summed E-state index contributed by atoms with van der Waals surface area (Å²) >= 11 is 3.78. The number of phenolic OH excluding ortho intramolecular Hbond substituents is 1. The van der Waals surface area contributed by atoms with E-state index in [0.29, 0.717) is 53.1 Å². The number of esters is 1. The molecule has 10 nitrogen and oxygen atoms in total. The first-order valence-corrected chi connectivity index (χ1v) is 22.8. The molecule has 4 heterocycles. The molecule has 3 atom stereocenters. The zero-order valence-electron chi connectivity index (χ0n) is 34.9. The molecule has 1 unspecified atom stereocenters. The van der Waals surface area contributed by atoms with E-state index in [1.54, 1.807) is 12.1 Å². The Bertz CT molecular complexity index is 2280. The molecule has 11 heteroatoms. The summed E-state index contributed by atoms with van der Waals surface area (Å²) in [5, 5.41) is 24.8. The van der Waals surface area contributed by atoms with Gasteiger partial charge < -0.3 is 34.5 Å². The second-order valence-corrected chi connectivity index (χ2v) is 17.8. The molecule has 0 saturated carbocycles. The van der Waals surface area contributed by atoms with E-state index in [-0.39, 0.29) is 41.5 Å². The number of nitrogens with one attached hydrogen (secondary N) is 2. The standard InChI is InChI=1S/C50H58BrN3O7/c51-43-21-18-38(60-29-13-5-3-1-2-4-12-26-52-32-45(56)39-19-22-44(55)50-40(39)20-23-48(58)53-50)30-42(43)41(35-14-8-6-9-15-35)31-49(59)61-47-34-54(27-24-37(47)25-28-54)33-46(57)36-16-10-7-11-17-36/h6-11,14-23,30,37,41,45,47,52,56H,1-5,12-13,24-29,31-34H2,(H-,53,55,58)/p+1/t37?,41?,45-,47-,54?/m0/s1. The van der Waals surface area contributed by atoms with Crippen molar-refractivity contribution in [3.05, 3.63) is 140 Å². The first kappa shape index (κ1) is 44.3. The molecule has 3 saturated heterocycles. The van der Waals surface area contributed by atoms with Crippen LogP contribution in [-0.4, -0.2) is 83.4 Å². The minimum atomic E-state index is -0.755. The van der Waals surface area contributed by atoms with Crippen LogP contribution in [0.25, 0.3) is 10.9 Å². The number of Topliss-reactive ketones (excluding diaryl/α,β-unsaturated/α-hetero) is 1. The SMILES string of the molecule is O=C(CC(c1ccccc1)c1cc(OCCCCCCCCCNC[C@H](O)c2ccc(O)c3[nH]c(=O)ccc23)ccc1Br)O[C@H]1C[N+]2(CC(=O)c3ccccc3)CCC1CC2. The van der Waals surface area contributed by atoms with Gasteiger partial charge in [0.2, 0.25) is 11.3 Å². The second kappa shape index (κ2) is 21.3. The molecule has 3 aliphatic rings. The zero-order chi connectivity index (χ0) is 42.6. The molecule has 0 amide bonds. The number of aliphatic hydroxyl groups excluding tert-OH is 1. The number of phenols is 1. The molecule has 1 aromatic heterocycles. The van der Waals surface area contributed by atoms with Crippen LogP contribution in [0.15, 0.2) is 112 Å². The fourth-order valence-corrected chi connectivity index (χ4v) is 9.80. The number of nitrogens with zero attached hydrogens (tertiary/aromatic N) is 1. The lowest BCUT2D eigenvalue weighted by Crippen LogP contribution is -2.65. The molecule has 4 aromatic carbocycles. The number of fused-ring (bicyclic) bond motifs is 4. The number of hydrogen-bond acceptors (Lipinski definition) is 8. The number of aliphatic hydroxyl groups is 1. The maximum atomic E-state index is 13.8. The molecule has 3 aliphatic heterocycles. The Morgan fingerprint density at radius 3 is 2.30 bits per heavy atom. The third kappa shape index (κ3) is 11.8. The highest BCUT2D eigenvalue weighted by atomic mass is 79.9. The van der Waals surface area contributed by atoms with Crippen molar-refractivity contribution in [3.8, 4) is 11.5 Å². The van der Waals surface area contributed by atoms with Crippen molar-refractivity contribution in [3.63, 3.8) is 0 Å². The predicted molar refractivity (Wildman–Crippen MR) is 242 cm³/mol. The third-order valence-corrected chi connectivity index (χ3v) is 13.4. The number of pyridine rings is 1. The average Bonchev–Trinajstić information content (AvgIpc) is 3.27. The largest absolute Gasteiger partial charge is 0.506 e. The summed E-state index contributed by atoms with van der Waals surface area (Å²) < 4.78 is 14.2. The Balaban J connectivity index is 0.827. The Morgan fingerprint density at radius 2 is 1.54 bits per heavy atom. The molecular weight excluding hydrogens is 834 g/mol. The maximum Gasteiger partial charge on any atom is 0.307 e. The molecule has 0 spiro atoms. The number of benzene rings is 4. The molecule has 5 aromatic rings. The Morgan fingerprint density at radius 1 is 0.836 bits per heavy atom. The van der Waals surface area contributed by atoms with Crippen molar-refractivity contribution in [1.82, 2.24) is 10.3 Å². The summed E-state index contributed by atoms with van der Waals surface area (Å²) in [5.41, 5.74) is 3.48. The fraction of sp³-hybridized carbons (Fsp3) is 0.420. The van der Waals surface area contributed by atoms with Crippen molar-refractivity contribution in [2.24, 2.45) is 5.92 Å². The van der Waals surface area contributed by atoms with Gasteiger partial charge >= 0.3 is 5.97 Å². The molecule has 8 rings (SSSR count). The highest BCUT2D eigenvalue weighted by Gasteiger charge is 2.48. The molecule has 61 heavy (non-hydrogen) atoms. The quantitative estimate of drug-likeness (QED) is 0.0234. The van der Waals surface area contributed by atoms with Crippen LogP contribution in [0.2, 0.25) is 0 Å². The third-order valence-electron chi connectivity index (χ3n) is 12.7. The van der Waals surface area contributed by atoms with E-state index in [1.807, 2.05) is 60.7 Å². The average molecular weight is 894 g/mol. The number of hydrogen-bond donors (Lipinski definition) is 4. The van der Waals surface area contributed by atoms with Crippen molar-refractivity contribution in [2.45, 2.75) is 82.3 Å². The van der Waals surface area contributed by atoms with Gasteiger partial charge in [0.15, 0.2) is 6.10 Å². The van der Waals surface area contributed by atoms with E-state index in [4.69, 9.17) is 9.47 Å². The van der Waals surface area contributed by atoms with E-state index < -0.39 is 6.10 Å². The Kier molecular flexibility index (Phi) is 15.5. The van der Waals surface area contributed by atoms with E-state index in [2.05, 4.69) is 44.4 Å². The molecule has 322 valence electrons. The number of unbranched alkanes of at least 4 members (excludes halogenated alkanes) is 6. The molecule has 3 fully saturated rings. The van der Waals surface area contributed by atoms with Crippen molar-refractivity contribution >= 4 is 38.6 Å². The molecule has 0 radical (unpaired) electrons. The highest BCUT2D eigenvalue weighted by Crippen LogP contribution is 2.39. The van der Waals surface area contributed by atoms with Crippen molar-refractivity contribution < 1.29 is 33.8 Å². The van der Waals surface area contributed by atoms with Gasteiger partial charge in [0.05, 0.1) is 37.7 Å². The normalized spacial score (nSPS) is 19.4. The number of aromatic amines is 1. The van der Waals surface area contributed by atoms with Crippen LogP contribution in [0.5, 0.6) is 11.5 Å². The van der Waals surface area contributed by atoms with Crippen LogP contribution in [-0.2, 0) is 9.53 Å². The molecular formula is C50H59BrN3O7+. The van der Waals surface area contributed by atoms with Gasteiger partial charge in [0.25, 0.3) is 0 Å². The van der Waals surface area contributed by atoms with Crippen LogP contribution < -0.4 is 15.6 Å². The van der Waals surface area contributed by atoms with Crippen LogP contribution in [0, 0.1) is 5.92 Å². The monoisotopic (exact) mass is 892 g/mol. The number of H-pyrrole nitrogens is 1. The topological polar surface area (TPSA) is 138 Å². The van der Waals surface area contributed by atoms with Gasteiger partial charge in [-0.15, -0.1) is 0 Å². The number of rotatable bonds is 22. The molecule has 0 aliphatic carbocycles. The maximum absolute atomic E-state index is 13.8. The zero-order valence-corrected chi connectivity index (χ0v) is 36.5. The summed E-state index contributed by atoms with van der Waals surface area (Å²) in [6.07, 6.45) is 8.81. The summed E-state index contributed by atoms with van der Waals surface area (Å²) in [6.45, 7) is 4.85. The minimum Gasteiger partial charge on any atom is -0.506 e. The second-order valence-electron chi connectivity index (χ2n) is 17.0. The molecule has 4 N–H and O–H groups in total. The van der Waals surface area contributed by atoms with Gasteiger partial charge in [0.1, 0.15) is 24.6 Å². The number of quaternary nitrogens is 1. The van der Waals surface area contributed by atoms with Crippen molar-refractivity contribution in [1.29, 1.82) is 0 Å². The highest BCUT2D eigenvalue weighted by molar-refractivity contribution is 9.10. The van der Waals surface area contributed by atoms with Crippen molar-refractivity contribution in [2.75, 3.05) is 45.9 Å². The smallest absolute Gasteiger partial charge is 0.307 e. The van der Waals surface area contributed by atoms with E-state index in [1.165, 1.54) is 12.1 Å². The number of ketones is 1. The fourth-order valence-electron chi connectivity index (χ4n) is 9.28. The van der Waals surface area contributed by atoms with Gasteiger partial charge in [0, 0.05) is 52.7 Å². The number of aromatic hydroxyl groups is 1. The Hall–Kier alpha value is -4.81. The summed E-state index contributed by atoms with van der Waals surface area (Å²) in [4.78, 5) is 41.4. The predicted octanol–water partition coefficient (Wildman–Crippen LogP) is 8.99. The number of piperidine rings is 3. The van der Waals surface area contributed by atoms with Crippen LogP contribution in [0.1, 0.15) is 103 Å². The van der Waals surface area contributed by atoms with Crippen LogP contribution >= 0.6 is 15.9 Å². The van der Waals surface area contributed by atoms with E-state index >= 15 is 0 Å². The van der Waals surface area contributed by atoms with Crippen LogP contribution in [0.3, 0.4) is 0 Å². The first-order valence-electron chi connectivity index (χ1n) is 22.0. The summed E-state index contributed by atoms with van der Waals surface area (Å²) in [5.74, 6) is 0.819. The molecule has 2 bridgehead atoms. The lowest BCUT2D eigenvalue weighted by molar-refractivity contribution is -0.938. The first-order chi connectivity index (χ1) is 29.7. The minimum absolute atomic E-state index is 0.0150. The van der Waals surface area contributed by atoms with Gasteiger partial charge in [-0.05, 0) is 66.4 Å². The van der Waals surface area contributed by atoms with Gasteiger partial charge in [-0.3, -0.25) is 14.4 Å². The number of carbonyl (C=O) groups is 2. The van der Waals surface area contributed by atoms with Gasteiger partial charge in [-0.2, -0.15) is 0 Å². The number of aromatic nitrogens is 1. The van der Waals surface area contributed by atoms with E-state index in [0.717, 1.165) is 104 Å². The van der Waals surface area contributed by atoms with E-state index in [9.17, 15) is 24.6 Å². The van der Waals surface area contributed by atoms with Crippen LogP contribution in [0.4, 0.5) is 0 Å². The summed E-state index contributed by atoms with van der Waals surface area (Å²) in [7, 11) is 0. The number of ether oxygens (including phenoxy) is 2. The number of halogens is 1. The summed E-state index contributed by atoms with van der Waals surface area (Å²) in [6, 6.07) is 31.9. The van der Waals surface area contributed by atoms with Gasteiger partial charge in [-0.25, -0.2) is 0 Å². The lowest BCUT2D eigenvalue weighted by atomic mass is 9.82. The Labute approximate surface area is 367 Å².